The molecule has 0 radical (unpaired) electrons. The lowest BCUT2D eigenvalue weighted by Crippen LogP contribution is -2.00. The second-order valence-corrected chi connectivity index (χ2v) is 9.19. The van der Waals surface area contributed by atoms with Gasteiger partial charge in [-0.1, -0.05) is 36.4 Å². The summed E-state index contributed by atoms with van der Waals surface area (Å²) < 4.78 is 4.25. The number of nitroso groups, excluding NO2 is 1. The Hall–Kier alpha value is -5.72. The Bertz CT molecular complexity index is 2190. The lowest BCUT2D eigenvalue weighted by molar-refractivity contribution is 1.13. The highest BCUT2D eigenvalue weighted by Gasteiger charge is 2.17. The summed E-state index contributed by atoms with van der Waals surface area (Å²) >= 11 is 0. The van der Waals surface area contributed by atoms with Gasteiger partial charge in [-0.3, -0.25) is 0 Å². The van der Waals surface area contributed by atoms with Crippen LogP contribution in [-0.2, 0) is 0 Å². The smallest absolute Gasteiger partial charge is 0.108 e. The monoisotopic (exact) mass is 487 g/mol. The van der Waals surface area contributed by atoms with Gasteiger partial charge in [0.2, 0.25) is 0 Å². The van der Waals surface area contributed by atoms with Crippen molar-refractivity contribution in [2.45, 2.75) is 0 Å². The zero-order chi connectivity index (χ0) is 25.8. The normalized spacial score (nSPS) is 11.2. The summed E-state index contributed by atoms with van der Waals surface area (Å²) in [5.74, 6) is 0. The van der Waals surface area contributed by atoms with Gasteiger partial charge in [0, 0.05) is 32.9 Å². The Morgan fingerprint density at radius 1 is 0.526 bits per heavy atom. The largest absolute Gasteiger partial charge is 0.309 e. The molecule has 0 bridgehead atoms. The zero-order valence-corrected chi connectivity index (χ0v) is 20.0. The van der Waals surface area contributed by atoms with E-state index in [2.05, 4.69) is 44.6 Å². The first-order valence-electron chi connectivity index (χ1n) is 12.1. The fourth-order valence-electron chi connectivity index (χ4n) is 5.53. The van der Waals surface area contributed by atoms with Gasteiger partial charge < -0.3 is 9.13 Å². The van der Waals surface area contributed by atoms with Gasteiger partial charge in [-0.15, -0.1) is 4.91 Å². The maximum atomic E-state index is 11.3. The molecule has 0 amide bonds. The molecule has 0 N–H and O–H groups in total. The molecule has 0 saturated heterocycles. The fraction of sp³-hybridized carbons (Fsp3) is 0. The van der Waals surface area contributed by atoms with Crippen LogP contribution in [-0.4, -0.2) is 9.13 Å². The van der Waals surface area contributed by atoms with Gasteiger partial charge in [-0.05, 0) is 71.9 Å². The molecular weight excluding hydrogens is 470 g/mol. The van der Waals surface area contributed by atoms with E-state index in [0.717, 1.165) is 55.0 Å². The van der Waals surface area contributed by atoms with Gasteiger partial charge in [0.15, 0.2) is 0 Å². The van der Waals surface area contributed by atoms with Crippen molar-refractivity contribution >= 4 is 49.3 Å². The number of aromatic nitrogens is 2. The molecule has 0 atom stereocenters. The number of benzene rings is 5. The Morgan fingerprint density at radius 3 is 1.63 bits per heavy atom. The average molecular weight is 488 g/mol. The van der Waals surface area contributed by atoms with Crippen molar-refractivity contribution in [1.29, 1.82) is 10.5 Å². The van der Waals surface area contributed by atoms with Crippen molar-refractivity contribution in [3.05, 3.63) is 119 Å². The molecule has 0 aliphatic heterocycles. The lowest BCUT2D eigenvalue weighted by atomic mass is 10.1. The Balaban J connectivity index is 1.58. The predicted molar refractivity (Wildman–Crippen MR) is 150 cm³/mol. The molecular formula is C32H17N5O. The standard InChI is InChI=1S/C32H17N5O/c33-18-20-9-11-31-27(15-20)25-5-1-3-7-29(25)36(31)23-13-21(19-34)14-24(17-23)37-30-8-4-2-6-26(30)28-16-22(35-38)10-12-32(28)37/h1-17H. The third-order valence-corrected chi connectivity index (χ3v) is 7.11. The van der Waals surface area contributed by atoms with Crippen LogP contribution in [0.1, 0.15) is 11.1 Å². The van der Waals surface area contributed by atoms with Gasteiger partial charge in [0.25, 0.3) is 0 Å². The summed E-state index contributed by atoms with van der Waals surface area (Å²) in [5.41, 5.74) is 6.99. The maximum Gasteiger partial charge on any atom is 0.108 e. The van der Waals surface area contributed by atoms with E-state index in [1.54, 1.807) is 12.1 Å². The van der Waals surface area contributed by atoms with Crippen LogP contribution in [0.2, 0.25) is 0 Å². The summed E-state index contributed by atoms with van der Waals surface area (Å²) in [6.07, 6.45) is 0. The fourth-order valence-corrected chi connectivity index (χ4v) is 5.53. The van der Waals surface area contributed by atoms with Crippen LogP contribution in [0.25, 0.3) is 55.0 Å². The highest BCUT2D eigenvalue weighted by Crippen LogP contribution is 2.37. The van der Waals surface area contributed by atoms with Crippen molar-refractivity contribution in [2.24, 2.45) is 5.18 Å². The second kappa shape index (κ2) is 8.16. The Morgan fingerprint density at radius 2 is 1.05 bits per heavy atom. The maximum absolute atomic E-state index is 11.3. The first-order valence-corrected chi connectivity index (χ1v) is 12.1. The topological polar surface area (TPSA) is 86.9 Å². The molecule has 176 valence electrons. The summed E-state index contributed by atoms with van der Waals surface area (Å²) in [5, 5.41) is 26.6. The van der Waals surface area contributed by atoms with Gasteiger partial charge in [0.1, 0.15) is 5.69 Å². The molecule has 0 saturated carbocycles. The van der Waals surface area contributed by atoms with Crippen molar-refractivity contribution in [2.75, 3.05) is 0 Å². The number of nitrogens with zero attached hydrogens (tertiary/aromatic N) is 5. The number of para-hydroxylation sites is 2. The lowest BCUT2D eigenvalue weighted by Gasteiger charge is -2.13. The third kappa shape index (κ3) is 3.05. The molecule has 7 aromatic rings. The van der Waals surface area contributed by atoms with Crippen LogP contribution in [0, 0.1) is 27.6 Å². The van der Waals surface area contributed by atoms with E-state index in [-0.39, 0.29) is 0 Å². The van der Waals surface area contributed by atoms with Crippen LogP contribution in [0.4, 0.5) is 5.69 Å². The predicted octanol–water partition coefficient (Wildman–Crippen LogP) is 8.02. The van der Waals surface area contributed by atoms with Crippen LogP contribution in [0.15, 0.2) is 108 Å². The van der Waals surface area contributed by atoms with Gasteiger partial charge in [-0.25, -0.2) is 0 Å². The molecule has 6 nitrogen and oxygen atoms in total. The minimum absolute atomic E-state index is 0.369. The van der Waals surface area contributed by atoms with Crippen LogP contribution >= 0.6 is 0 Å². The number of hydrogen-bond donors (Lipinski definition) is 0. The number of hydrogen-bond acceptors (Lipinski definition) is 4. The highest BCUT2D eigenvalue weighted by molar-refractivity contribution is 6.11. The molecule has 0 spiro atoms. The van der Waals surface area contributed by atoms with Gasteiger partial charge in [0.05, 0.1) is 45.3 Å². The van der Waals surface area contributed by atoms with Crippen molar-refractivity contribution < 1.29 is 0 Å². The molecule has 38 heavy (non-hydrogen) atoms. The first kappa shape index (κ1) is 21.6. The number of nitriles is 2. The van der Waals surface area contributed by atoms with Crippen LogP contribution in [0.5, 0.6) is 0 Å². The Kier molecular flexibility index (Phi) is 4.63. The van der Waals surface area contributed by atoms with Crippen molar-refractivity contribution in [3.8, 4) is 23.5 Å². The Labute approximate surface area is 216 Å². The van der Waals surface area contributed by atoms with Crippen LogP contribution in [0.3, 0.4) is 0 Å². The molecule has 0 unspecified atom stereocenters. The first-order chi connectivity index (χ1) is 18.7. The SMILES string of the molecule is N#Cc1cc(-n2c3ccccc3c3cc(C#N)ccc32)cc(-n2c3ccccc3c3cc(N=O)ccc32)c1. The van der Waals surface area contributed by atoms with E-state index in [1.807, 2.05) is 72.8 Å². The molecule has 0 aliphatic carbocycles. The highest BCUT2D eigenvalue weighted by atomic mass is 16.3. The quantitative estimate of drug-likeness (QED) is 0.236. The van der Waals surface area contributed by atoms with Gasteiger partial charge in [-0.2, -0.15) is 10.5 Å². The van der Waals surface area contributed by atoms with E-state index in [9.17, 15) is 15.4 Å². The minimum Gasteiger partial charge on any atom is -0.309 e. The number of rotatable bonds is 3. The van der Waals surface area contributed by atoms with Crippen molar-refractivity contribution in [3.63, 3.8) is 0 Å². The summed E-state index contributed by atoms with van der Waals surface area (Å²) in [6, 6.07) is 37.6. The molecule has 6 heteroatoms. The molecule has 5 aromatic carbocycles. The minimum atomic E-state index is 0.369. The summed E-state index contributed by atoms with van der Waals surface area (Å²) in [4.78, 5) is 11.3. The average Bonchev–Trinajstić information content (AvgIpc) is 3.49. The number of fused-ring (bicyclic) bond motifs is 6. The zero-order valence-electron chi connectivity index (χ0n) is 20.0. The van der Waals surface area contributed by atoms with E-state index < -0.39 is 0 Å². The summed E-state index contributed by atoms with van der Waals surface area (Å²) in [7, 11) is 0. The van der Waals surface area contributed by atoms with Crippen molar-refractivity contribution in [1.82, 2.24) is 9.13 Å². The molecule has 2 aromatic heterocycles. The summed E-state index contributed by atoms with van der Waals surface area (Å²) in [6.45, 7) is 0. The molecule has 0 aliphatic rings. The van der Waals surface area contributed by atoms with E-state index >= 15 is 0 Å². The molecule has 7 rings (SSSR count). The van der Waals surface area contributed by atoms with Crippen LogP contribution < -0.4 is 0 Å². The third-order valence-electron chi connectivity index (χ3n) is 7.11. The molecule has 0 fully saturated rings. The van der Waals surface area contributed by atoms with E-state index in [0.29, 0.717) is 16.8 Å². The van der Waals surface area contributed by atoms with E-state index in [4.69, 9.17) is 0 Å². The van der Waals surface area contributed by atoms with E-state index in [1.165, 1.54) is 0 Å². The van der Waals surface area contributed by atoms with Gasteiger partial charge >= 0.3 is 0 Å². The molecule has 2 heterocycles. The second-order valence-electron chi connectivity index (χ2n) is 9.19.